The van der Waals surface area contributed by atoms with Gasteiger partial charge in [-0.1, -0.05) is 18.2 Å². The number of ether oxygens (including phenoxy) is 5. The molecule has 0 bridgehead atoms. The third-order valence-corrected chi connectivity index (χ3v) is 13.7. The van der Waals surface area contributed by atoms with Gasteiger partial charge >= 0.3 is 6.09 Å². The van der Waals surface area contributed by atoms with Gasteiger partial charge < -0.3 is 65.4 Å². The smallest absolute Gasteiger partial charge is 0.413 e. The zero-order valence-electron chi connectivity index (χ0n) is 37.5. The highest BCUT2D eigenvalue weighted by Gasteiger charge is 2.50. The molecule has 19 nitrogen and oxygen atoms in total. The van der Waals surface area contributed by atoms with Crippen molar-refractivity contribution in [3.63, 3.8) is 0 Å². The average Bonchev–Trinajstić information content (AvgIpc) is 4.17. The molecule has 360 valence electrons. The summed E-state index contributed by atoms with van der Waals surface area (Å²) in [5.74, 6) is -1.62. The van der Waals surface area contributed by atoms with Gasteiger partial charge in [0.2, 0.25) is 5.78 Å². The number of aromatic hydroxyl groups is 3. The first-order valence-corrected chi connectivity index (χ1v) is 22.7. The predicted octanol–water partition coefficient (Wildman–Crippen LogP) is 3.77. The van der Waals surface area contributed by atoms with E-state index in [4.69, 9.17) is 29.4 Å². The number of aliphatic hydroxyl groups is 3. The minimum absolute atomic E-state index is 0.0173. The standard InChI is InChI=1S/C27H29NO11.C22H25N3O4/c1-10-22(31)13(28)6-17(38-10)39-15-8-27(36,16(30)9-29)7-12-19(15)26(35)21-20(24(12)33)23(32)11-4-3-5-14(37-2)18(11)25(21)34;26-18-4-1-5-19(28-11-13-6-7-13)20(18)17-9-15(14-3-2-8-23-10-14)16-12-29-22(27)25-21(16)24-17/h3-5,10,13,15,17,22,29,31,33,35-36H,6-9,28H2,1-2H3;1,4-5,9,13-14,23,26H,2-3,6-8,10-12H2,(H,24,25,27)/t10-,13-,15-,17-,22+,27-;/m0./s1. The van der Waals surface area contributed by atoms with E-state index in [0.717, 1.165) is 37.1 Å². The zero-order chi connectivity index (χ0) is 48.2. The number of amides is 1. The van der Waals surface area contributed by atoms with Gasteiger partial charge in [-0.3, -0.25) is 19.7 Å². The van der Waals surface area contributed by atoms with Crippen LogP contribution in [0.1, 0.15) is 112 Å². The lowest BCUT2D eigenvalue weighted by Gasteiger charge is -2.42. The molecule has 10 rings (SSSR count). The molecule has 4 heterocycles. The molecular formula is C49H54N4O15. The van der Waals surface area contributed by atoms with Gasteiger partial charge in [-0.25, -0.2) is 9.78 Å². The van der Waals surface area contributed by atoms with E-state index in [1.54, 1.807) is 19.1 Å². The fourth-order valence-corrected chi connectivity index (χ4v) is 9.87. The molecule has 2 saturated heterocycles. The number of hydrogen-bond donors (Lipinski definition) is 9. The molecule has 1 unspecified atom stereocenters. The Hall–Kier alpha value is -6.19. The van der Waals surface area contributed by atoms with E-state index < -0.39 is 102 Å². The Labute approximate surface area is 390 Å². The van der Waals surface area contributed by atoms with Crippen molar-refractivity contribution in [2.24, 2.45) is 11.7 Å². The fraction of sp³-hybridized carbons (Fsp3) is 0.449. The number of pyridine rings is 1. The second-order valence-electron chi connectivity index (χ2n) is 18.2. The zero-order valence-corrected chi connectivity index (χ0v) is 37.5. The molecule has 0 spiro atoms. The molecule has 1 saturated carbocycles. The van der Waals surface area contributed by atoms with E-state index in [0.29, 0.717) is 41.3 Å². The molecule has 19 heteroatoms. The first kappa shape index (κ1) is 46.9. The number of nitrogens with zero attached hydrogens (tertiary/aromatic N) is 1. The molecule has 0 radical (unpaired) electrons. The Morgan fingerprint density at radius 3 is 2.43 bits per heavy atom. The topological polar surface area (TPSA) is 299 Å². The SMILES string of the molecule is COc1cccc2c1C(=O)c1c(O)c3c(c(O)c1C2=O)C[C@@](O)(C(=O)CO)C[C@@H]3O[C@H]1C[C@H](N)[C@H](O)[C@H](C)O1.O=C1Nc2nc(-c3c(O)cccc3OCC3CC3)cc(C3CCCNC3)c2CO1. The molecule has 6 aliphatic rings. The van der Waals surface area contributed by atoms with Crippen molar-refractivity contribution >= 4 is 29.3 Å². The summed E-state index contributed by atoms with van der Waals surface area (Å²) in [5, 5.41) is 70.5. The summed E-state index contributed by atoms with van der Waals surface area (Å²) >= 11 is 0. The molecule has 1 aromatic heterocycles. The summed E-state index contributed by atoms with van der Waals surface area (Å²) in [6, 6.07) is 10.9. The lowest BCUT2D eigenvalue weighted by Crippen LogP contribution is -2.53. The summed E-state index contributed by atoms with van der Waals surface area (Å²) in [4.78, 5) is 56.2. The number of carbonyl (C=O) groups excluding carboxylic acids is 4. The number of methoxy groups -OCH3 is 1. The number of nitrogens with two attached hydrogens (primary N) is 1. The van der Waals surface area contributed by atoms with E-state index in [9.17, 15) is 49.8 Å². The van der Waals surface area contributed by atoms with E-state index in [1.165, 1.54) is 38.2 Å². The highest BCUT2D eigenvalue weighted by Crippen LogP contribution is 2.53. The summed E-state index contributed by atoms with van der Waals surface area (Å²) in [6.07, 6.45) is -1.09. The maximum Gasteiger partial charge on any atom is 0.413 e. The molecule has 4 aromatic rings. The van der Waals surface area contributed by atoms with Crippen LogP contribution in [0.3, 0.4) is 0 Å². The summed E-state index contributed by atoms with van der Waals surface area (Å²) in [7, 11) is 1.32. The van der Waals surface area contributed by atoms with Gasteiger partial charge in [0, 0.05) is 54.1 Å². The number of carbonyl (C=O) groups is 4. The second kappa shape index (κ2) is 18.7. The largest absolute Gasteiger partial charge is 0.507 e. The predicted molar refractivity (Wildman–Crippen MR) is 240 cm³/mol. The lowest BCUT2D eigenvalue weighted by molar-refractivity contribution is -0.247. The number of aromatic nitrogens is 1. The van der Waals surface area contributed by atoms with Crippen molar-refractivity contribution in [2.45, 2.75) is 101 Å². The number of aliphatic hydroxyl groups excluding tert-OH is 2. The number of cyclic esters (lactones) is 1. The van der Waals surface area contributed by atoms with E-state index in [-0.39, 0.29) is 46.8 Å². The molecule has 3 aliphatic heterocycles. The Morgan fingerprint density at radius 1 is 0.971 bits per heavy atom. The fourth-order valence-electron chi connectivity index (χ4n) is 9.87. The van der Waals surface area contributed by atoms with Crippen LogP contribution in [0.2, 0.25) is 0 Å². The van der Waals surface area contributed by atoms with Gasteiger partial charge in [-0.2, -0.15) is 0 Å². The van der Waals surface area contributed by atoms with Crippen molar-refractivity contribution in [1.82, 2.24) is 10.3 Å². The first-order valence-electron chi connectivity index (χ1n) is 22.7. The Morgan fingerprint density at radius 2 is 1.72 bits per heavy atom. The Bertz CT molecular complexity index is 2670. The molecule has 3 aliphatic carbocycles. The van der Waals surface area contributed by atoms with Crippen LogP contribution in [0.15, 0.2) is 42.5 Å². The van der Waals surface area contributed by atoms with E-state index in [1.807, 2.05) is 12.1 Å². The maximum absolute atomic E-state index is 13.6. The summed E-state index contributed by atoms with van der Waals surface area (Å²) < 4.78 is 28.2. The highest BCUT2D eigenvalue weighted by atomic mass is 16.7. The van der Waals surface area contributed by atoms with Crippen molar-refractivity contribution < 1.29 is 73.5 Å². The van der Waals surface area contributed by atoms with Gasteiger partial charge in [-0.15, -0.1) is 0 Å². The van der Waals surface area contributed by atoms with Crippen LogP contribution < -0.4 is 25.8 Å². The van der Waals surface area contributed by atoms with Gasteiger partial charge in [0.1, 0.15) is 53.4 Å². The third-order valence-electron chi connectivity index (χ3n) is 13.7. The molecule has 3 aromatic carbocycles. The summed E-state index contributed by atoms with van der Waals surface area (Å²) in [6.45, 7) is 3.31. The number of anilines is 1. The van der Waals surface area contributed by atoms with Crippen LogP contribution in [0.25, 0.3) is 11.3 Å². The van der Waals surface area contributed by atoms with Gasteiger partial charge in [0.15, 0.2) is 17.9 Å². The van der Waals surface area contributed by atoms with Crippen molar-refractivity contribution in [3.05, 3.63) is 87.0 Å². The quantitative estimate of drug-likeness (QED) is 0.0901. The van der Waals surface area contributed by atoms with Crippen LogP contribution in [-0.4, -0.2) is 123 Å². The Balaban J connectivity index is 0.000000177. The number of Topliss-reactive ketones (excluding diaryl/α,β-unsaturated/α-hetero) is 1. The molecule has 1 amide bonds. The number of ketones is 3. The van der Waals surface area contributed by atoms with E-state index in [2.05, 4.69) is 15.6 Å². The Kier molecular flexibility index (Phi) is 12.9. The van der Waals surface area contributed by atoms with Gasteiger partial charge in [0.25, 0.3) is 0 Å². The molecule has 7 atom stereocenters. The number of hydrogen-bond acceptors (Lipinski definition) is 18. The van der Waals surface area contributed by atoms with Gasteiger partial charge in [-0.05, 0) is 80.8 Å². The number of phenolic OH excluding ortho intramolecular Hbond substituents is 3. The van der Waals surface area contributed by atoms with Crippen LogP contribution in [-0.2, 0) is 32.0 Å². The lowest BCUT2D eigenvalue weighted by atomic mass is 9.72. The number of phenols is 3. The number of rotatable bonds is 10. The van der Waals surface area contributed by atoms with Crippen LogP contribution in [0.4, 0.5) is 10.6 Å². The molecule has 68 heavy (non-hydrogen) atoms. The van der Waals surface area contributed by atoms with E-state index >= 15 is 0 Å². The number of nitrogens with one attached hydrogen (secondary N) is 2. The number of fused-ring (bicyclic) bond motifs is 4. The van der Waals surface area contributed by atoms with Crippen molar-refractivity contribution in [2.75, 3.05) is 38.7 Å². The minimum atomic E-state index is -2.24. The summed E-state index contributed by atoms with van der Waals surface area (Å²) in [5.41, 5.74) is 5.57. The molecule has 10 N–H and O–H groups in total. The average molecular weight is 939 g/mol. The first-order chi connectivity index (χ1) is 32.6. The molecule has 3 fully saturated rings. The maximum atomic E-state index is 13.6. The van der Waals surface area contributed by atoms with Crippen molar-refractivity contribution in [1.29, 1.82) is 0 Å². The van der Waals surface area contributed by atoms with Crippen LogP contribution in [0, 0.1) is 5.92 Å². The van der Waals surface area contributed by atoms with Crippen LogP contribution >= 0.6 is 0 Å². The van der Waals surface area contributed by atoms with Crippen molar-refractivity contribution in [3.8, 4) is 40.0 Å². The monoisotopic (exact) mass is 938 g/mol. The second-order valence-corrected chi connectivity index (χ2v) is 18.2. The third kappa shape index (κ3) is 8.63. The molecular weight excluding hydrogens is 885 g/mol. The minimum Gasteiger partial charge on any atom is -0.507 e. The number of piperidine rings is 1. The normalized spacial score (nSPS) is 26.1. The van der Waals surface area contributed by atoms with Crippen LogP contribution in [0.5, 0.6) is 28.7 Å². The number of benzene rings is 3. The highest BCUT2D eigenvalue weighted by molar-refractivity contribution is 6.31. The van der Waals surface area contributed by atoms with Gasteiger partial charge in [0.05, 0.1) is 60.0 Å².